The fraction of sp³-hybridized carbons (Fsp3) is 0.316. The normalized spacial score (nSPS) is 15.8. The van der Waals surface area contributed by atoms with Gasteiger partial charge in [0.2, 0.25) is 10.0 Å². The molecule has 132 valence electrons. The molecule has 1 amide bonds. The van der Waals surface area contributed by atoms with Gasteiger partial charge in [0.15, 0.2) is 0 Å². The number of rotatable bonds is 4. The lowest BCUT2D eigenvalue weighted by atomic mass is 9.89. The third kappa shape index (κ3) is 4.60. The highest BCUT2D eigenvalue weighted by Crippen LogP contribution is 2.28. The van der Waals surface area contributed by atoms with Gasteiger partial charge in [-0.3, -0.25) is 9.52 Å². The molecule has 1 heterocycles. The molecule has 0 radical (unpaired) electrons. The first-order valence-corrected chi connectivity index (χ1v) is 10.2. The molecule has 5 nitrogen and oxygen atoms in total. The van der Waals surface area contributed by atoms with E-state index in [9.17, 15) is 13.2 Å². The lowest BCUT2D eigenvalue weighted by molar-refractivity contribution is 0.0713. The fourth-order valence-corrected chi connectivity index (χ4v) is 3.78. The quantitative estimate of drug-likeness (QED) is 0.913. The maximum Gasteiger partial charge on any atom is 0.253 e. The standard InChI is InChI=1S/C19H22N2O3S/c1-25(23,24)20-18-9-7-17(8-10-18)19(22)21-13-11-16(12-14-21)15-5-3-2-4-6-15/h2-10,16,20H,11-14H2,1H3. The van der Waals surface area contributed by atoms with E-state index in [-0.39, 0.29) is 5.91 Å². The molecule has 0 atom stereocenters. The van der Waals surface area contributed by atoms with Crippen LogP contribution in [0.3, 0.4) is 0 Å². The van der Waals surface area contributed by atoms with Crippen LogP contribution in [0.5, 0.6) is 0 Å². The van der Waals surface area contributed by atoms with E-state index in [1.54, 1.807) is 24.3 Å². The minimum Gasteiger partial charge on any atom is -0.339 e. The summed E-state index contributed by atoms with van der Waals surface area (Å²) in [5, 5.41) is 0. The van der Waals surface area contributed by atoms with E-state index < -0.39 is 10.0 Å². The Balaban J connectivity index is 1.61. The zero-order valence-corrected chi connectivity index (χ0v) is 15.0. The largest absolute Gasteiger partial charge is 0.339 e. The number of sulfonamides is 1. The minimum atomic E-state index is -3.31. The van der Waals surface area contributed by atoms with Crippen molar-refractivity contribution in [3.8, 4) is 0 Å². The highest BCUT2D eigenvalue weighted by molar-refractivity contribution is 7.92. The number of anilines is 1. The number of carbonyl (C=O) groups excluding carboxylic acids is 1. The Kier molecular flexibility index (Phi) is 5.08. The molecule has 0 bridgehead atoms. The number of benzene rings is 2. The van der Waals surface area contributed by atoms with Crippen molar-refractivity contribution in [1.29, 1.82) is 0 Å². The van der Waals surface area contributed by atoms with Crippen LogP contribution in [0.1, 0.15) is 34.7 Å². The molecule has 1 aliphatic rings. The van der Waals surface area contributed by atoms with E-state index in [1.807, 2.05) is 11.0 Å². The van der Waals surface area contributed by atoms with Gasteiger partial charge in [-0.2, -0.15) is 0 Å². The predicted molar refractivity (Wildman–Crippen MR) is 99.2 cm³/mol. The fourth-order valence-electron chi connectivity index (χ4n) is 3.22. The molecule has 1 saturated heterocycles. The summed E-state index contributed by atoms with van der Waals surface area (Å²) < 4.78 is 24.9. The Bertz CT molecular complexity index is 825. The molecular weight excluding hydrogens is 336 g/mol. The number of likely N-dealkylation sites (tertiary alicyclic amines) is 1. The maximum atomic E-state index is 12.6. The highest BCUT2D eigenvalue weighted by atomic mass is 32.2. The molecule has 2 aromatic rings. The van der Waals surface area contributed by atoms with Crippen LogP contribution in [0, 0.1) is 0 Å². The van der Waals surface area contributed by atoms with Crippen molar-refractivity contribution in [3.63, 3.8) is 0 Å². The molecule has 1 aliphatic heterocycles. The second-order valence-electron chi connectivity index (χ2n) is 6.43. The average molecular weight is 358 g/mol. The van der Waals surface area contributed by atoms with Crippen molar-refractivity contribution in [2.24, 2.45) is 0 Å². The van der Waals surface area contributed by atoms with Crippen LogP contribution in [0.2, 0.25) is 0 Å². The Morgan fingerprint density at radius 1 is 1.00 bits per heavy atom. The van der Waals surface area contributed by atoms with Crippen molar-refractivity contribution in [3.05, 3.63) is 65.7 Å². The molecule has 0 aromatic heterocycles. The Morgan fingerprint density at radius 2 is 1.60 bits per heavy atom. The first-order valence-electron chi connectivity index (χ1n) is 8.34. The Labute approximate surface area is 148 Å². The van der Waals surface area contributed by atoms with Crippen LogP contribution in [0.25, 0.3) is 0 Å². The van der Waals surface area contributed by atoms with Gasteiger partial charge in [-0.25, -0.2) is 8.42 Å². The van der Waals surface area contributed by atoms with Crippen molar-refractivity contribution in [2.45, 2.75) is 18.8 Å². The summed E-state index contributed by atoms with van der Waals surface area (Å²) in [6.45, 7) is 1.48. The molecule has 1 N–H and O–H groups in total. The topological polar surface area (TPSA) is 66.5 Å². The summed E-state index contributed by atoms with van der Waals surface area (Å²) >= 11 is 0. The van der Waals surface area contributed by atoms with Crippen molar-refractivity contribution < 1.29 is 13.2 Å². The molecular formula is C19H22N2O3S. The van der Waals surface area contributed by atoms with Gasteiger partial charge in [-0.05, 0) is 48.6 Å². The van der Waals surface area contributed by atoms with Gasteiger partial charge in [0.05, 0.1) is 6.26 Å². The third-order valence-electron chi connectivity index (χ3n) is 4.49. The zero-order chi connectivity index (χ0) is 17.9. The van der Waals surface area contributed by atoms with E-state index in [1.165, 1.54) is 5.56 Å². The van der Waals surface area contributed by atoms with E-state index in [0.717, 1.165) is 32.2 Å². The lowest BCUT2D eigenvalue weighted by Crippen LogP contribution is -2.37. The smallest absolute Gasteiger partial charge is 0.253 e. The van der Waals surface area contributed by atoms with Crippen LogP contribution in [-0.4, -0.2) is 38.6 Å². The molecule has 2 aromatic carbocycles. The van der Waals surface area contributed by atoms with E-state index in [4.69, 9.17) is 0 Å². The second kappa shape index (κ2) is 7.27. The first-order chi connectivity index (χ1) is 11.9. The summed E-state index contributed by atoms with van der Waals surface area (Å²) in [5.74, 6) is 0.504. The molecule has 0 saturated carbocycles. The summed E-state index contributed by atoms with van der Waals surface area (Å²) in [5.41, 5.74) is 2.38. The summed E-state index contributed by atoms with van der Waals surface area (Å²) in [6, 6.07) is 17.0. The van der Waals surface area contributed by atoms with Gasteiger partial charge in [0.1, 0.15) is 0 Å². The highest BCUT2D eigenvalue weighted by Gasteiger charge is 2.24. The maximum absolute atomic E-state index is 12.6. The Morgan fingerprint density at radius 3 is 2.16 bits per heavy atom. The third-order valence-corrected chi connectivity index (χ3v) is 5.09. The van der Waals surface area contributed by atoms with Gasteiger partial charge in [0.25, 0.3) is 5.91 Å². The number of nitrogens with zero attached hydrogens (tertiary/aromatic N) is 1. The minimum absolute atomic E-state index is 0.00239. The predicted octanol–water partition coefficient (Wildman–Crippen LogP) is 3.08. The number of hydrogen-bond donors (Lipinski definition) is 1. The monoisotopic (exact) mass is 358 g/mol. The number of nitrogens with one attached hydrogen (secondary N) is 1. The van der Waals surface area contributed by atoms with E-state index in [0.29, 0.717) is 17.2 Å². The van der Waals surface area contributed by atoms with Crippen molar-refractivity contribution in [2.75, 3.05) is 24.1 Å². The van der Waals surface area contributed by atoms with Crippen LogP contribution in [-0.2, 0) is 10.0 Å². The number of carbonyl (C=O) groups is 1. The van der Waals surface area contributed by atoms with E-state index in [2.05, 4.69) is 29.0 Å². The van der Waals surface area contributed by atoms with Crippen molar-refractivity contribution >= 4 is 21.6 Å². The molecule has 1 fully saturated rings. The van der Waals surface area contributed by atoms with Gasteiger partial charge in [0, 0.05) is 24.3 Å². The SMILES string of the molecule is CS(=O)(=O)Nc1ccc(C(=O)N2CCC(c3ccccc3)CC2)cc1. The van der Waals surface area contributed by atoms with Gasteiger partial charge in [-0.15, -0.1) is 0 Å². The van der Waals surface area contributed by atoms with Gasteiger partial charge >= 0.3 is 0 Å². The second-order valence-corrected chi connectivity index (χ2v) is 8.18. The van der Waals surface area contributed by atoms with Gasteiger partial charge < -0.3 is 4.90 Å². The van der Waals surface area contributed by atoms with Crippen LogP contribution < -0.4 is 4.72 Å². The lowest BCUT2D eigenvalue weighted by Gasteiger charge is -2.32. The summed E-state index contributed by atoms with van der Waals surface area (Å²) in [4.78, 5) is 14.5. The summed E-state index contributed by atoms with van der Waals surface area (Å²) in [6.07, 6.45) is 3.02. The van der Waals surface area contributed by atoms with Crippen LogP contribution in [0.15, 0.2) is 54.6 Å². The number of piperidine rings is 1. The molecule has 6 heteroatoms. The zero-order valence-electron chi connectivity index (χ0n) is 14.2. The molecule has 3 rings (SSSR count). The molecule has 0 aliphatic carbocycles. The van der Waals surface area contributed by atoms with Gasteiger partial charge in [-0.1, -0.05) is 30.3 Å². The number of hydrogen-bond acceptors (Lipinski definition) is 3. The van der Waals surface area contributed by atoms with Crippen LogP contribution >= 0.6 is 0 Å². The van der Waals surface area contributed by atoms with Crippen LogP contribution in [0.4, 0.5) is 5.69 Å². The molecule has 25 heavy (non-hydrogen) atoms. The summed E-state index contributed by atoms with van der Waals surface area (Å²) in [7, 11) is -3.31. The van der Waals surface area contributed by atoms with Crippen molar-refractivity contribution in [1.82, 2.24) is 4.90 Å². The van der Waals surface area contributed by atoms with E-state index >= 15 is 0 Å². The number of amides is 1. The molecule has 0 spiro atoms. The first kappa shape index (κ1) is 17.5. The molecule has 0 unspecified atom stereocenters. The Hall–Kier alpha value is -2.34. The average Bonchev–Trinajstić information content (AvgIpc) is 2.61.